The van der Waals surface area contributed by atoms with Crippen molar-refractivity contribution >= 4 is 17.8 Å². The van der Waals surface area contributed by atoms with Crippen molar-refractivity contribution in [1.82, 2.24) is 15.0 Å². The molecule has 2 aromatic heterocycles. The Balaban J connectivity index is 2.08. The van der Waals surface area contributed by atoms with Crippen molar-refractivity contribution in [3.63, 3.8) is 0 Å². The van der Waals surface area contributed by atoms with E-state index in [0.29, 0.717) is 11.9 Å². The fourth-order valence-electron chi connectivity index (χ4n) is 2.10. The molecule has 21 heavy (non-hydrogen) atoms. The molecule has 2 rings (SSSR count). The van der Waals surface area contributed by atoms with Gasteiger partial charge in [0.2, 0.25) is 17.8 Å². The number of hydrogen-bond donors (Lipinski definition) is 2. The molecule has 2 heterocycles. The lowest BCUT2D eigenvalue weighted by molar-refractivity contribution is 0.497. The number of furan rings is 1. The first-order chi connectivity index (χ1) is 10.1. The first-order valence-corrected chi connectivity index (χ1v) is 7.17. The van der Waals surface area contributed by atoms with Gasteiger partial charge in [0, 0.05) is 25.6 Å². The van der Waals surface area contributed by atoms with Crippen molar-refractivity contribution in [1.29, 1.82) is 0 Å². The molecule has 7 nitrogen and oxygen atoms in total. The summed E-state index contributed by atoms with van der Waals surface area (Å²) in [4.78, 5) is 14.8. The van der Waals surface area contributed by atoms with E-state index < -0.39 is 0 Å². The average Bonchev–Trinajstić information content (AvgIpc) is 2.92. The Morgan fingerprint density at radius 1 is 1.29 bits per heavy atom. The minimum atomic E-state index is 0.127. The van der Waals surface area contributed by atoms with Gasteiger partial charge in [-0.25, -0.2) is 0 Å². The Hall–Kier alpha value is -2.31. The van der Waals surface area contributed by atoms with Gasteiger partial charge in [-0.15, -0.1) is 0 Å². The normalized spacial score (nSPS) is 12.1. The third-order valence-electron chi connectivity index (χ3n) is 3.15. The smallest absolute Gasteiger partial charge is 0.231 e. The summed E-state index contributed by atoms with van der Waals surface area (Å²) in [7, 11) is 0. The fourth-order valence-corrected chi connectivity index (χ4v) is 2.10. The number of nitrogens with two attached hydrogens (primary N) is 1. The highest BCUT2D eigenvalue weighted by Gasteiger charge is 2.12. The highest BCUT2D eigenvalue weighted by Crippen LogP contribution is 2.13. The molecule has 0 aliphatic carbocycles. The van der Waals surface area contributed by atoms with Gasteiger partial charge in [0.1, 0.15) is 5.76 Å². The molecule has 1 atom stereocenters. The van der Waals surface area contributed by atoms with Crippen molar-refractivity contribution in [2.45, 2.75) is 33.2 Å². The molecule has 0 spiro atoms. The summed E-state index contributed by atoms with van der Waals surface area (Å²) in [5.41, 5.74) is 5.77. The largest absolute Gasteiger partial charge is 0.469 e. The molecule has 0 saturated carbocycles. The number of nitrogens with one attached hydrogen (secondary N) is 1. The van der Waals surface area contributed by atoms with Gasteiger partial charge < -0.3 is 20.4 Å². The minimum absolute atomic E-state index is 0.127. The van der Waals surface area contributed by atoms with Crippen LogP contribution in [0.1, 0.15) is 26.5 Å². The zero-order chi connectivity index (χ0) is 15.2. The first-order valence-electron chi connectivity index (χ1n) is 7.17. The van der Waals surface area contributed by atoms with Crippen LogP contribution < -0.4 is 16.0 Å². The molecule has 0 fully saturated rings. The molecule has 114 valence electrons. The van der Waals surface area contributed by atoms with E-state index in [2.05, 4.69) is 34.1 Å². The lowest BCUT2D eigenvalue weighted by Crippen LogP contribution is -2.26. The van der Waals surface area contributed by atoms with Gasteiger partial charge in [0.15, 0.2) is 0 Å². The van der Waals surface area contributed by atoms with Crippen LogP contribution in [0.15, 0.2) is 22.8 Å². The van der Waals surface area contributed by atoms with E-state index in [0.717, 1.165) is 25.3 Å². The number of rotatable bonds is 7. The lowest BCUT2D eigenvalue weighted by Gasteiger charge is -2.20. The fraction of sp³-hybridized carbons (Fsp3) is 0.500. The van der Waals surface area contributed by atoms with Crippen LogP contribution in [0.5, 0.6) is 0 Å². The molecule has 0 bridgehead atoms. The van der Waals surface area contributed by atoms with E-state index in [1.807, 2.05) is 24.0 Å². The predicted octanol–water partition coefficient (Wildman–Crippen LogP) is 1.94. The Bertz CT molecular complexity index is 553. The van der Waals surface area contributed by atoms with Crippen molar-refractivity contribution < 1.29 is 4.42 Å². The highest BCUT2D eigenvalue weighted by molar-refractivity contribution is 5.42. The van der Waals surface area contributed by atoms with E-state index in [4.69, 9.17) is 10.2 Å². The maximum absolute atomic E-state index is 5.77. The zero-order valence-electron chi connectivity index (χ0n) is 12.7. The Morgan fingerprint density at radius 3 is 2.67 bits per heavy atom. The van der Waals surface area contributed by atoms with Gasteiger partial charge in [-0.05, 0) is 32.9 Å². The van der Waals surface area contributed by atoms with Crippen LogP contribution in [0.4, 0.5) is 17.8 Å². The third-order valence-corrected chi connectivity index (χ3v) is 3.15. The van der Waals surface area contributed by atoms with E-state index in [1.54, 1.807) is 6.26 Å². The van der Waals surface area contributed by atoms with Gasteiger partial charge in [0.05, 0.1) is 6.26 Å². The van der Waals surface area contributed by atoms with Gasteiger partial charge in [-0.2, -0.15) is 15.0 Å². The Labute approximate surface area is 124 Å². The minimum Gasteiger partial charge on any atom is -0.469 e. The van der Waals surface area contributed by atoms with Crippen LogP contribution in [-0.4, -0.2) is 34.1 Å². The second-order valence-corrected chi connectivity index (χ2v) is 4.82. The molecule has 7 heteroatoms. The molecule has 0 aromatic carbocycles. The summed E-state index contributed by atoms with van der Waals surface area (Å²) in [6.45, 7) is 7.79. The van der Waals surface area contributed by atoms with Crippen LogP contribution in [0, 0.1) is 0 Å². The molecular weight excluding hydrogens is 268 g/mol. The topological polar surface area (TPSA) is 93.1 Å². The van der Waals surface area contributed by atoms with Gasteiger partial charge in [-0.3, -0.25) is 0 Å². The number of nitrogen functional groups attached to an aromatic ring is 1. The van der Waals surface area contributed by atoms with Gasteiger partial charge >= 0.3 is 0 Å². The van der Waals surface area contributed by atoms with Crippen molar-refractivity contribution in [3.05, 3.63) is 24.2 Å². The predicted molar refractivity (Wildman–Crippen MR) is 83.3 cm³/mol. The number of aromatic nitrogens is 3. The quantitative estimate of drug-likeness (QED) is 0.804. The highest BCUT2D eigenvalue weighted by atomic mass is 16.3. The summed E-state index contributed by atoms with van der Waals surface area (Å²) >= 11 is 0. The van der Waals surface area contributed by atoms with E-state index in [-0.39, 0.29) is 12.0 Å². The second kappa shape index (κ2) is 6.92. The van der Waals surface area contributed by atoms with Gasteiger partial charge in [0.25, 0.3) is 0 Å². The van der Waals surface area contributed by atoms with Crippen molar-refractivity contribution in [2.75, 3.05) is 29.0 Å². The summed E-state index contributed by atoms with van der Waals surface area (Å²) < 4.78 is 5.34. The number of anilines is 3. The molecule has 2 aromatic rings. The van der Waals surface area contributed by atoms with E-state index >= 15 is 0 Å². The summed E-state index contributed by atoms with van der Waals surface area (Å²) in [6.07, 6.45) is 2.42. The van der Waals surface area contributed by atoms with Gasteiger partial charge in [-0.1, -0.05) is 0 Å². The molecule has 0 amide bonds. The summed E-state index contributed by atoms with van der Waals surface area (Å²) in [6, 6.07) is 3.95. The van der Waals surface area contributed by atoms with E-state index in [1.165, 1.54) is 0 Å². The van der Waals surface area contributed by atoms with E-state index in [9.17, 15) is 0 Å². The van der Waals surface area contributed by atoms with Crippen molar-refractivity contribution in [2.24, 2.45) is 0 Å². The molecule has 3 N–H and O–H groups in total. The second-order valence-electron chi connectivity index (χ2n) is 4.82. The van der Waals surface area contributed by atoms with Crippen LogP contribution >= 0.6 is 0 Å². The Kier molecular flexibility index (Phi) is 4.97. The number of nitrogens with zero attached hydrogens (tertiary/aromatic N) is 4. The molecule has 0 aliphatic heterocycles. The zero-order valence-corrected chi connectivity index (χ0v) is 12.7. The third kappa shape index (κ3) is 4.08. The van der Waals surface area contributed by atoms with Crippen LogP contribution in [0.2, 0.25) is 0 Å². The summed E-state index contributed by atoms with van der Waals surface area (Å²) in [5.74, 6) is 2.23. The standard InChI is InChI=1S/C14H22N6O/c1-4-20(5-2)14-18-12(15)17-13(19-14)16-10(3)9-11-7-6-8-21-11/h6-8,10H,4-5,9H2,1-3H3,(H3,15,16,17,18,19). The van der Waals surface area contributed by atoms with Crippen LogP contribution in [0.25, 0.3) is 0 Å². The Morgan fingerprint density at radius 2 is 2.05 bits per heavy atom. The van der Waals surface area contributed by atoms with Crippen LogP contribution in [-0.2, 0) is 6.42 Å². The molecule has 0 aliphatic rings. The monoisotopic (exact) mass is 290 g/mol. The number of hydrogen-bond acceptors (Lipinski definition) is 7. The molecule has 0 saturated heterocycles. The maximum atomic E-state index is 5.77. The molecule has 1 unspecified atom stereocenters. The van der Waals surface area contributed by atoms with Crippen molar-refractivity contribution in [3.8, 4) is 0 Å². The maximum Gasteiger partial charge on any atom is 0.231 e. The molecular formula is C14H22N6O. The lowest BCUT2D eigenvalue weighted by atomic mass is 10.2. The SMILES string of the molecule is CCN(CC)c1nc(N)nc(NC(C)Cc2ccco2)n1. The molecule has 0 radical (unpaired) electrons. The first kappa shape index (κ1) is 15.1. The van der Waals surface area contributed by atoms with Crippen LogP contribution in [0.3, 0.4) is 0 Å². The summed E-state index contributed by atoms with van der Waals surface area (Å²) in [5, 5.41) is 3.24. The average molecular weight is 290 g/mol.